The van der Waals surface area contributed by atoms with Crippen molar-refractivity contribution in [1.29, 1.82) is 0 Å². The summed E-state index contributed by atoms with van der Waals surface area (Å²) in [7, 11) is 0. The lowest BCUT2D eigenvalue weighted by Gasteiger charge is -2.10. The van der Waals surface area contributed by atoms with E-state index in [1.165, 1.54) is 13.0 Å². The first kappa shape index (κ1) is 13.2. The number of aliphatic hydroxyl groups excluding tert-OH is 1. The van der Waals surface area contributed by atoms with Crippen molar-refractivity contribution in [3.8, 4) is 0 Å². The van der Waals surface area contributed by atoms with E-state index in [4.69, 9.17) is 0 Å². The number of nitrogens with zero attached hydrogens (tertiary/aromatic N) is 1. The first-order valence-electron chi connectivity index (χ1n) is 5.44. The molecule has 0 aromatic carbocycles. The highest BCUT2D eigenvalue weighted by atomic mass is 16.3. The molecule has 1 aliphatic heterocycles. The van der Waals surface area contributed by atoms with Gasteiger partial charge in [0, 0.05) is 0 Å². The van der Waals surface area contributed by atoms with Crippen LogP contribution in [0.4, 0.5) is 0 Å². The van der Waals surface area contributed by atoms with Crippen LogP contribution >= 0.6 is 0 Å². The number of carbonyl (C=O) groups excluding carboxylic acids is 3. The van der Waals surface area contributed by atoms with Gasteiger partial charge in [0.25, 0.3) is 11.8 Å². The lowest BCUT2D eigenvalue weighted by Crippen LogP contribution is -2.33. The number of carbonyl (C=O) groups is 3. The molecule has 0 saturated heterocycles. The highest BCUT2D eigenvalue weighted by molar-refractivity contribution is 6.24. The topological polar surface area (TPSA) is 74.7 Å². The maximum absolute atomic E-state index is 11.7. The normalized spacial score (nSPS) is 16.1. The number of ketones is 1. The van der Waals surface area contributed by atoms with Gasteiger partial charge in [-0.05, 0) is 19.4 Å². The number of rotatable bonds is 4. The zero-order valence-electron chi connectivity index (χ0n) is 9.90. The van der Waals surface area contributed by atoms with Crippen molar-refractivity contribution in [3.63, 3.8) is 0 Å². The molecule has 0 radical (unpaired) electrons. The largest absolute Gasteiger partial charge is 0.509 e. The van der Waals surface area contributed by atoms with Crippen molar-refractivity contribution in [2.45, 2.75) is 26.7 Å². The molecule has 0 saturated carbocycles. The Morgan fingerprint density at radius 2 is 2.12 bits per heavy atom. The summed E-state index contributed by atoms with van der Waals surface area (Å²) >= 11 is 0. The Morgan fingerprint density at radius 3 is 2.59 bits per heavy atom. The van der Waals surface area contributed by atoms with Gasteiger partial charge in [-0.2, -0.15) is 0 Å². The second-order valence-electron chi connectivity index (χ2n) is 3.80. The maximum Gasteiger partial charge on any atom is 0.268 e. The molecule has 5 heteroatoms. The molecule has 1 N–H and O–H groups in total. The number of amides is 2. The van der Waals surface area contributed by atoms with E-state index >= 15 is 0 Å². The summed E-state index contributed by atoms with van der Waals surface area (Å²) in [5, 5.41) is 9.44. The van der Waals surface area contributed by atoms with E-state index in [1.807, 2.05) is 6.92 Å². The summed E-state index contributed by atoms with van der Waals surface area (Å²) in [6, 6.07) is 0. The van der Waals surface area contributed by atoms with Gasteiger partial charge < -0.3 is 5.11 Å². The minimum Gasteiger partial charge on any atom is -0.509 e. The quantitative estimate of drug-likeness (QED) is 0.587. The first-order chi connectivity index (χ1) is 7.99. The molecule has 1 aliphatic rings. The zero-order valence-corrected chi connectivity index (χ0v) is 9.90. The third kappa shape index (κ3) is 2.81. The van der Waals surface area contributed by atoms with Crippen LogP contribution in [0.15, 0.2) is 23.5 Å². The zero-order chi connectivity index (χ0) is 13.0. The van der Waals surface area contributed by atoms with Gasteiger partial charge in [-0.15, -0.1) is 0 Å². The molecular weight excluding hydrogens is 222 g/mol. The average molecular weight is 237 g/mol. The fraction of sp³-hybridized carbons (Fsp3) is 0.417. The van der Waals surface area contributed by atoms with Crippen molar-refractivity contribution in [2.24, 2.45) is 0 Å². The third-order valence-corrected chi connectivity index (χ3v) is 2.39. The Kier molecular flexibility index (Phi) is 4.20. The SMILES string of the molecule is CCC/C=C/C(=O)N1CC(O)=C(C(C)=O)C1=O. The number of hydrogen-bond donors (Lipinski definition) is 1. The second kappa shape index (κ2) is 5.43. The van der Waals surface area contributed by atoms with Crippen molar-refractivity contribution in [1.82, 2.24) is 4.90 Å². The van der Waals surface area contributed by atoms with Gasteiger partial charge in [0.15, 0.2) is 5.78 Å². The van der Waals surface area contributed by atoms with Gasteiger partial charge in [0.05, 0.1) is 6.54 Å². The van der Waals surface area contributed by atoms with E-state index in [9.17, 15) is 19.5 Å². The average Bonchev–Trinajstić information content (AvgIpc) is 2.54. The highest BCUT2D eigenvalue weighted by Gasteiger charge is 2.35. The van der Waals surface area contributed by atoms with E-state index in [0.717, 1.165) is 17.7 Å². The van der Waals surface area contributed by atoms with Crippen LogP contribution in [0.2, 0.25) is 0 Å². The molecule has 0 aromatic rings. The number of allylic oxidation sites excluding steroid dienone is 1. The molecule has 1 heterocycles. The predicted molar refractivity (Wildman–Crippen MR) is 61.1 cm³/mol. The van der Waals surface area contributed by atoms with E-state index in [1.54, 1.807) is 6.08 Å². The van der Waals surface area contributed by atoms with Crippen LogP contribution in [-0.4, -0.2) is 34.1 Å². The monoisotopic (exact) mass is 237 g/mol. The summed E-state index contributed by atoms with van der Waals surface area (Å²) in [6.07, 6.45) is 4.60. The Bertz CT molecular complexity index is 420. The minimum absolute atomic E-state index is 0.219. The summed E-state index contributed by atoms with van der Waals surface area (Å²) in [6.45, 7) is 2.93. The molecule has 0 aromatic heterocycles. The number of hydrogen-bond acceptors (Lipinski definition) is 4. The number of aliphatic hydroxyl groups is 1. The lowest BCUT2D eigenvalue weighted by atomic mass is 10.2. The number of unbranched alkanes of at least 4 members (excludes halogenated alkanes) is 1. The molecule has 1 rings (SSSR count). The van der Waals surface area contributed by atoms with Crippen LogP contribution < -0.4 is 0 Å². The van der Waals surface area contributed by atoms with Crippen LogP contribution in [0.5, 0.6) is 0 Å². The van der Waals surface area contributed by atoms with Crippen molar-refractivity contribution in [3.05, 3.63) is 23.5 Å². The van der Waals surface area contributed by atoms with Crippen molar-refractivity contribution < 1.29 is 19.5 Å². The molecule has 5 nitrogen and oxygen atoms in total. The standard InChI is InChI=1S/C12H15NO4/c1-3-4-5-6-10(16)13-7-9(15)11(8(2)14)12(13)17/h5-6,15H,3-4,7H2,1-2H3/b6-5+. The number of Topliss-reactive ketones (excluding diaryl/α,β-unsaturated/α-hetero) is 1. The number of imide groups is 1. The molecule has 0 aliphatic carbocycles. The summed E-state index contributed by atoms with van der Waals surface area (Å²) in [5.41, 5.74) is -0.290. The molecule has 0 atom stereocenters. The van der Waals surface area contributed by atoms with E-state index in [2.05, 4.69) is 0 Å². The third-order valence-electron chi connectivity index (χ3n) is 2.39. The molecule has 17 heavy (non-hydrogen) atoms. The summed E-state index contributed by atoms with van der Waals surface area (Å²) in [5.74, 6) is -2.09. The Hall–Kier alpha value is -1.91. The van der Waals surface area contributed by atoms with Crippen LogP contribution in [-0.2, 0) is 14.4 Å². The van der Waals surface area contributed by atoms with E-state index in [-0.39, 0.29) is 17.9 Å². The second-order valence-corrected chi connectivity index (χ2v) is 3.80. The van der Waals surface area contributed by atoms with Gasteiger partial charge >= 0.3 is 0 Å². The molecule has 92 valence electrons. The molecule has 0 unspecified atom stereocenters. The van der Waals surface area contributed by atoms with Crippen LogP contribution in [0.1, 0.15) is 26.7 Å². The van der Waals surface area contributed by atoms with Crippen LogP contribution in [0, 0.1) is 0 Å². The van der Waals surface area contributed by atoms with Gasteiger partial charge in [-0.25, -0.2) is 0 Å². The minimum atomic E-state index is -0.721. The molecule has 2 amide bonds. The van der Waals surface area contributed by atoms with Gasteiger partial charge in [-0.3, -0.25) is 19.3 Å². The Labute approximate surface area is 99.4 Å². The maximum atomic E-state index is 11.7. The molecule has 0 fully saturated rings. The molecule has 0 spiro atoms. The lowest BCUT2D eigenvalue weighted by molar-refractivity contribution is -0.138. The van der Waals surface area contributed by atoms with Gasteiger partial charge in [-0.1, -0.05) is 19.4 Å². The van der Waals surface area contributed by atoms with Crippen LogP contribution in [0.25, 0.3) is 0 Å². The summed E-state index contributed by atoms with van der Waals surface area (Å²) in [4.78, 5) is 35.2. The van der Waals surface area contributed by atoms with Gasteiger partial charge in [0.1, 0.15) is 11.3 Å². The Morgan fingerprint density at radius 1 is 1.47 bits per heavy atom. The predicted octanol–water partition coefficient (Wildman–Crippen LogP) is 1.11. The molecular formula is C12H15NO4. The fourth-order valence-corrected chi connectivity index (χ4v) is 1.53. The van der Waals surface area contributed by atoms with Crippen molar-refractivity contribution in [2.75, 3.05) is 6.54 Å². The highest BCUT2D eigenvalue weighted by Crippen LogP contribution is 2.18. The Balaban J connectivity index is 2.77. The van der Waals surface area contributed by atoms with Crippen LogP contribution in [0.3, 0.4) is 0 Å². The molecule has 0 bridgehead atoms. The van der Waals surface area contributed by atoms with E-state index < -0.39 is 17.6 Å². The van der Waals surface area contributed by atoms with Crippen molar-refractivity contribution >= 4 is 17.6 Å². The smallest absolute Gasteiger partial charge is 0.268 e. The summed E-state index contributed by atoms with van der Waals surface area (Å²) < 4.78 is 0. The van der Waals surface area contributed by atoms with Gasteiger partial charge in [0.2, 0.25) is 0 Å². The fourth-order valence-electron chi connectivity index (χ4n) is 1.53. The van der Waals surface area contributed by atoms with E-state index in [0.29, 0.717) is 0 Å². The first-order valence-corrected chi connectivity index (χ1v) is 5.44.